The predicted octanol–water partition coefficient (Wildman–Crippen LogP) is 2.68. The summed E-state index contributed by atoms with van der Waals surface area (Å²) in [5.74, 6) is 0. The minimum atomic E-state index is -0.608. The van der Waals surface area contributed by atoms with E-state index < -0.39 is 6.16 Å². The zero-order valence-corrected chi connectivity index (χ0v) is 8.39. The quantitative estimate of drug-likeness (QED) is 0.419. The highest BCUT2D eigenvalue weighted by molar-refractivity contribution is 9.09. The number of alkyl halides is 1. The van der Waals surface area contributed by atoms with Crippen molar-refractivity contribution in [3.63, 3.8) is 0 Å². The molecule has 0 aromatic rings. The lowest BCUT2D eigenvalue weighted by atomic mass is 10.4. The smallest absolute Gasteiger partial charge is 0.434 e. The SMILES string of the molecule is CCCCOC(=O)OC(C)Br. The van der Waals surface area contributed by atoms with Crippen LogP contribution in [0.3, 0.4) is 0 Å². The predicted molar refractivity (Wildman–Crippen MR) is 45.7 cm³/mol. The van der Waals surface area contributed by atoms with Gasteiger partial charge in [-0.15, -0.1) is 0 Å². The maximum Gasteiger partial charge on any atom is 0.509 e. The van der Waals surface area contributed by atoms with Crippen LogP contribution in [0, 0.1) is 0 Å². The Kier molecular flexibility index (Phi) is 6.31. The van der Waals surface area contributed by atoms with E-state index in [4.69, 9.17) is 4.74 Å². The Morgan fingerprint density at radius 2 is 2.27 bits per heavy atom. The number of halogens is 1. The van der Waals surface area contributed by atoms with Crippen molar-refractivity contribution in [2.45, 2.75) is 31.7 Å². The molecule has 0 amide bonds. The van der Waals surface area contributed by atoms with E-state index in [1.165, 1.54) is 0 Å². The molecule has 0 saturated heterocycles. The number of carbonyl (C=O) groups is 1. The Bertz CT molecular complexity index is 114. The molecule has 0 aromatic heterocycles. The van der Waals surface area contributed by atoms with Crippen LogP contribution < -0.4 is 0 Å². The first-order valence-corrected chi connectivity index (χ1v) is 4.56. The maximum atomic E-state index is 10.7. The molecule has 1 atom stereocenters. The minimum absolute atomic E-state index is 0.281. The van der Waals surface area contributed by atoms with Crippen molar-refractivity contribution in [1.82, 2.24) is 0 Å². The molecular weight excluding hydrogens is 212 g/mol. The fourth-order valence-electron chi connectivity index (χ4n) is 0.466. The minimum Gasteiger partial charge on any atom is -0.434 e. The number of hydrogen-bond acceptors (Lipinski definition) is 3. The van der Waals surface area contributed by atoms with Crippen LogP contribution in [0.5, 0.6) is 0 Å². The van der Waals surface area contributed by atoms with E-state index >= 15 is 0 Å². The van der Waals surface area contributed by atoms with E-state index in [0.717, 1.165) is 12.8 Å². The van der Waals surface area contributed by atoms with Crippen molar-refractivity contribution in [3.8, 4) is 0 Å². The summed E-state index contributed by atoms with van der Waals surface area (Å²) in [7, 11) is 0. The van der Waals surface area contributed by atoms with Gasteiger partial charge in [0.1, 0.15) is 0 Å². The maximum absolute atomic E-state index is 10.7. The Balaban J connectivity index is 3.23. The summed E-state index contributed by atoms with van der Waals surface area (Å²) in [6.07, 6.45) is 1.28. The standard InChI is InChI=1S/C7H13BrO3/c1-3-4-5-10-7(9)11-6(2)8/h6H,3-5H2,1-2H3. The van der Waals surface area contributed by atoms with Gasteiger partial charge in [0.05, 0.1) is 6.61 Å². The number of rotatable bonds is 4. The van der Waals surface area contributed by atoms with E-state index in [-0.39, 0.29) is 5.01 Å². The van der Waals surface area contributed by atoms with Crippen LogP contribution in [0.15, 0.2) is 0 Å². The fourth-order valence-corrected chi connectivity index (χ4v) is 0.619. The van der Waals surface area contributed by atoms with Gasteiger partial charge in [-0.1, -0.05) is 13.3 Å². The molecule has 1 unspecified atom stereocenters. The third-order valence-corrected chi connectivity index (χ3v) is 1.16. The van der Waals surface area contributed by atoms with E-state index in [9.17, 15) is 4.79 Å². The largest absolute Gasteiger partial charge is 0.509 e. The fraction of sp³-hybridized carbons (Fsp3) is 0.857. The topological polar surface area (TPSA) is 35.5 Å². The van der Waals surface area contributed by atoms with E-state index in [1.54, 1.807) is 6.92 Å². The van der Waals surface area contributed by atoms with Crippen LogP contribution in [-0.2, 0) is 9.47 Å². The van der Waals surface area contributed by atoms with Crippen molar-refractivity contribution in [1.29, 1.82) is 0 Å². The molecule has 0 aliphatic carbocycles. The monoisotopic (exact) mass is 224 g/mol. The Labute approximate surface area is 75.2 Å². The molecule has 0 aliphatic heterocycles. The van der Waals surface area contributed by atoms with Crippen LogP contribution in [-0.4, -0.2) is 17.8 Å². The van der Waals surface area contributed by atoms with Gasteiger partial charge < -0.3 is 9.47 Å². The third kappa shape index (κ3) is 7.65. The molecular formula is C7H13BrO3. The van der Waals surface area contributed by atoms with Gasteiger partial charge in [0.15, 0.2) is 5.01 Å². The van der Waals surface area contributed by atoms with Gasteiger partial charge in [0.2, 0.25) is 0 Å². The van der Waals surface area contributed by atoms with Crippen molar-refractivity contribution in [2.75, 3.05) is 6.61 Å². The summed E-state index contributed by atoms with van der Waals surface area (Å²) in [4.78, 5) is 10.7. The van der Waals surface area contributed by atoms with Crippen LogP contribution >= 0.6 is 15.9 Å². The van der Waals surface area contributed by atoms with Crippen molar-refractivity contribution >= 4 is 22.1 Å². The first-order valence-electron chi connectivity index (χ1n) is 3.64. The molecule has 0 radical (unpaired) electrons. The van der Waals surface area contributed by atoms with Crippen LogP contribution in [0.25, 0.3) is 0 Å². The van der Waals surface area contributed by atoms with E-state index in [1.807, 2.05) is 6.92 Å². The molecule has 0 bridgehead atoms. The first kappa shape index (κ1) is 10.8. The average Bonchev–Trinajstić information content (AvgIpc) is 1.86. The lowest BCUT2D eigenvalue weighted by Crippen LogP contribution is -2.11. The second-order valence-corrected chi connectivity index (χ2v) is 3.40. The zero-order valence-electron chi connectivity index (χ0n) is 6.80. The lowest BCUT2D eigenvalue weighted by molar-refractivity contribution is 0.0520. The number of carbonyl (C=O) groups excluding carboxylic acids is 1. The van der Waals surface area contributed by atoms with Crippen LogP contribution in [0.4, 0.5) is 4.79 Å². The number of hydrogen-bond donors (Lipinski definition) is 0. The summed E-state index contributed by atoms with van der Waals surface area (Å²) >= 11 is 3.06. The second-order valence-electron chi connectivity index (χ2n) is 2.11. The molecule has 0 rings (SSSR count). The third-order valence-electron chi connectivity index (χ3n) is 0.976. The highest BCUT2D eigenvalue weighted by Gasteiger charge is 2.05. The molecule has 3 nitrogen and oxygen atoms in total. The van der Waals surface area contributed by atoms with Crippen molar-refractivity contribution in [2.24, 2.45) is 0 Å². The zero-order chi connectivity index (χ0) is 8.69. The van der Waals surface area contributed by atoms with Crippen molar-refractivity contribution < 1.29 is 14.3 Å². The summed E-state index contributed by atoms with van der Waals surface area (Å²) < 4.78 is 9.35. The molecule has 4 heteroatoms. The molecule has 0 heterocycles. The average molecular weight is 225 g/mol. The number of unbranched alkanes of at least 4 members (excludes halogenated alkanes) is 1. The van der Waals surface area contributed by atoms with Gasteiger partial charge in [0.25, 0.3) is 0 Å². The highest BCUT2D eigenvalue weighted by atomic mass is 79.9. The Morgan fingerprint density at radius 3 is 2.73 bits per heavy atom. The van der Waals surface area contributed by atoms with Gasteiger partial charge in [-0.05, 0) is 29.3 Å². The second kappa shape index (κ2) is 6.46. The van der Waals surface area contributed by atoms with Gasteiger partial charge in [-0.25, -0.2) is 4.79 Å². The highest BCUT2D eigenvalue weighted by Crippen LogP contribution is 2.01. The molecule has 11 heavy (non-hydrogen) atoms. The molecule has 0 spiro atoms. The molecule has 0 saturated carbocycles. The van der Waals surface area contributed by atoms with Gasteiger partial charge in [-0.2, -0.15) is 0 Å². The Hall–Kier alpha value is -0.250. The summed E-state index contributed by atoms with van der Waals surface area (Å²) in [5, 5.41) is -0.281. The first-order chi connectivity index (χ1) is 5.16. The lowest BCUT2D eigenvalue weighted by Gasteiger charge is -2.06. The van der Waals surface area contributed by atoms with Crippen molar-refractivity contribution in [3.05, 3.63) is 0 Å². The molecule has 66 valence electrons. The van der Waals surface area contributed by atoms with Gasteiger partial charge >= 0.3 is 6.16 Å². The van der Waals surface area contributed by atoms with E-state index in [0.29, 0.717) is 6.61 Å². The summed E-state index contributed by atoms with van der Waals surface area (Å²) in [6.45, 7) is 4.18. The van der Waals surface area contributed by atoms with Crippen LogP contribution in [0.2, 0.25) is 0 Å². The number of ether oxygens (including phenoxy) is 2. The van der Waals surface area contributed by atoms with Gasteiger partial charge in [0, 0.05) is 0 Å². The molecule has 0 aromatic carbocycles. The molecule has 0 fully saturated rings. The Morgan fingerprint density at radius 1 is 1.64 bits per heavy atom. The van der Waals surface area contributed by atoms with Gasteiger partial charge in [-0.3, -0.25) is 0 Å². The summed E-state index contributed by atoms with van der Waals surface area (Å²) in [6, 6.07) is 0. The molecule has 0 N–H and O–H groups in total. The van der Waals surface area contributed by atoms with E-state index in [2.05, 4.69) is 20.7 Å². The normalized spacial score (nSPS) is 12.3. The van der Waals surface area contributed by atoms with Crippen LogP contribution in [0.1, 0.15) is 26.7 Å². The molecule has 0 aliphatic rings. The summed E-state index contributed by atoms with van der Waals surface area (Å²) in [5.41, 5.74) is 0.